The van der Waals surface area contributed by atoms with Crippen molar-refractivity contribution in [3.63, 3.8) is 0 Å². The van der Waals surface area contributed by atoms with Gasteiger partial charge in [0, 0.05) is 19.0 Å². The van der Waals surface area contributed by atoms with Crippen molar-refractivity contribution in [2.24, 2.45) is 0 Å². The van der Waals surface area contributed by atoms with Crippen molar-refractivity contribution in [3.8, 4) is 12.3 Å². The van der Waals surface area contributed by atoms with Crippen molar-refractivity contribution in [3.05, 3.63) is 0 Å². The molecule has 0 aromatic rings. The number of nitrogens with one attached hydrogen (secondary N) is 1. The van der Waals surface area contributed by atoms with Gasteiger partial charge in [-0.2, -0.15) is 0 Å². The molecule has 1 atom stereocenters. The number of rotatable bonds is 3. The van der Waals surface area contributed by atoms with Crippen LogP contribution in [-0.2, 0) is 4.74 Å². The standard InChI is InChI=1S/C9H15NO/c1-2-3-4-5-9-8-11-7-6-10-9/h1,9-10H,3-8H2. The molecule has 2 heteroatoms. The lowest BCUT2D eigenvalue weighted by Gasteiger charge is -2.23. The number of morpholine rings is 1. The van der Waals surface area contributed by atoms with Gasteiger partial charge in [0.2, 0.25) is 0 Å². The Bertz CT molecular complexity index is 133. The molecule has 1 rings (SSSR count). The average Bonchev–Trinajstić information content (AvgIpc) is 2.07. The van der Waals surface area contributed by atoms with Crippen LogP contribution in [0.3, 0.4) is 0 Å². The largest absolute Gasteiger partial charge is 0.379 e. The SMILES string of the molecule is C#CCCCC1COCCN1. The molecule has 1 aliphatic heterocycles. The van der Waals surface area contributed by atoms with E-state index in [4.69, 9.17) is 11.2 Å². The van der Waals surface area contributed by atoms with Crippen molar-refractivity contribution >= 4 is 0 Å². The van der Waals surface area contributed by atoms with E-state index in [0.717, 1.165) is 39.0 Å². The summed E-state index contributed by atoms with van der Waals surface area (Å²) in [6.45, 7) is 2.69. The second-order valence-electron chi connectivity index (χ2n) is 2.82. The summed E-state index contributed by atoms with van der Waals surface area (Å²) >= 11 is 0. The van der Waals surface area contributed by atoms with Gasteiger partial charge < -0.3 is 10.1 Å². The molecule has 1 heterocycles. The predicted molar refractivity (Wildman–Crippen MR) is 45.3 cm³/mol. The number of terminal acetylenes is 1. The Hall–Kier alpha value is -0.520. The molecule has 0 bridgehead atoms. The minimum Gasteiger partial charge on any atom is -0.379 e. The summed E-state index contributed by atoms with van der Waals surface area (Å²) in [5.74, 6) is 2.64. The fourth-order valence-electron chi connectivity index (χ4n) is 1.26. The van der Waals surface area contributed by atoms with E-state index < -0.39 is 0 Å². The Morgan fingerprint density at radius 3 is 3.18 bits per heavy atom. The lowest BCUT2D eigenvalue weighted by molar-refractivity contribution is 0.0737. The summed E-state index contributed by atoms with van der Waals surface area (Å²) < 4.78 is 5.30. The molecule has 0 aromatic heterocycles. The molecule has 1 aliphatic rings. The fraction of sp³-hybridized carbons (Fsp3) is 0.778. The van der Waals surface area contributed by atoms with Gasteiger partial charge >= 0.3 is 0 Å². The van der Waals surface area contributed by atoms with Gasteiger partial charge in [-0.05, 0) is 12.8 Å². The maximum Gasteiger partial charge on any atom is 0.0620 e. The third-order valence-corrected chi connectivity index (χ3v) is 1.87. The zero-order chi connectivity index (χ0) is 7.94. The third-order valence-electron chi connectivity index (χ3n) is 1.87. The molecule has 0 aromatic carbocycles. The van der Waals surface area contributed by atoms with E-state index in [1.54, 1.807) is 0 Å². The molecule has 1 saturated heterocycles. The van der Waals surface area contributed by atoms with Gasteiger partial charge in [-0.15, -0.1) is 12.3 Å². The van der Waals surface area contributed by atoms with Crippen LogP contribution in [0.15, 0.2) is 0 Å². The Morgan fingerprint density at radius 2 is 2.55 bits per heavy atom. The van der Waals surface area contributed by atoms with E-state index in [0.29, 0.717) is 6.04 Å². The van der Waals surface area contributed by atoms with Gasteiger partial charge in [0.05, 0.1) is 13.2 Å². The summed E-state index contributed by atoms with van der Waals surface area (Å²) in [5, 5.41) is 3.38. The Kier molecular flexibility index (Phi) is 4.03. The second-order valence-corrected chi connectivity index (χ2v) is 2.82. The van der Waals surface area contributed by atoms with Crippen LogP contribution in [0.4, 0.5) is 0 Å². The van der Waals surface area contributed by atoms with E-state index >= 15 is 0 Å². The normalized spacial score (nSPS) is 24.5. The maximum absolute atomic E-state index is 5.30. The highest BCUT2D eigenvalue weighted by atomic mass is 16.5. The van der Waals surface area contributed by atoms with E-state index in [9.17, 15) is 0 Å². The van der Waals surface area contributed by atoms with Crippen molar-refractivity contribution < 1.29 is 4.74 Å². The van der Waals surface area contributed by atoms with Crippen LogP contribution in [0.2, 0.25) is 0 Å². The summed E-state index contributed by atoms with van der Waals surface area (Å²) in [7, 11) is 0. The van der Waals surface area contributed by atoms with Crippen LogP contribution in [-0.4, -0.2) is 25.8 Å². The Balaban J connectivity index is 2.01. The van der Waals surface area contributed by atoms with Crippen molar-refractivity contribution in [1.29, 1.82) is 0 Å². The zero-order valence-corrected chi connectivity index (χ0v) is 6.81. The lowest BCUT2D eigenvalue weighted by atomic mass is 10.1. The summed E-state index contributed by atoms with van der Waals surface area (Å²) in [4.78, 5) is 0. The molecule has 1 unspecified atom stereocenters. The number of hydrogen-bond acceptors (Lipinski definition) is 2. The second kappa shape index (κ2) is 5.17. The summed E-state index contributed by atoms with van der Waals surface area (Å²) in [6.07, 6.45) is 8.28. The van der Waals surface area contributed by atoms with Gasteiger partial charge in [-0.1, -0.05) is 0 Å². The zero-order valence-electron chi connectivity index (χ0n) is 6.81. The van der Waals surface area contributed by atoms with Crippen LogP contribution >= 0.6 is 0 Å². The van der Waals surface area contributed by atoms with Crippen molar-refractivity contribution in [2.45, 2.75) is 25.3 Å². The fourth-order valence-corrected chi connectivity index (χ4v) is 1.26. The first kappa shape index (κ1) is 8.58. The molecular formula is C9H15NO. The molecule has 1 N–H and O–H groups in total. The molecule has 0 aliphatic carbocycles. The number of ether oxygens (including phenoxy) is 1. The highest BCUT2D eigenvalue weighted by molar-refractivity contribution is 4.84. The maximum atomic E-state index is 5.30. The summed E-state index contributed by atoms with van der Waals surface area (Å²) in [5.41, 5.74) is 0. The van der Waals surface area contributed by atoms with Gasteiger partial charge in [0.1, 0.15) is 0 Å². The molecule has 0 amide bonds. The van der Waals surface area contributed by atoms with Crippen LogP contribution in [0.5, 0.6) is 0 Å². The molecule has 62 valence electrons. The predicted octanol–water partition coefficient (Wildman–Crippen LogP) is 0.778. The van der Waals surface area contributed by atoms with Crippen molar-refractivity contribution in [1.82, 2.24) is 5.32 Å². The van der Waals surface area contributed by atoms with Crippen LogP contribution < -0.4 is 5.32 Å². The topological polar surface area (TPSA) is 21.3 Å². The van der Waals surface area contributed by atoms with Crippen LogP contribution in [0, 0.1) is 12.3 Å². The quantitative estimate of drug-likeness (QED) is 0.478. The van der Waals surface area contributed by atoms with E-state index in [2.05, 4.69) is 11.2 Å². The first-order valence-corrected chi connectivity index (χ1v) is 4.18. The molecular weight excluding hydrogens is 138 g/mol. The Morgan fingerprint density at radius 1 is 1.64 bits per heavy atom. The molecule has 1 fully saturated rings. The lowest BCUT2D eigenvalue weighted by Crippen LogP contribution is -2.41. The molecule has 0 radical (unpaired) electrons. The number of hydrogen-bond donors (Lipinski definition) is 1. The first-order chi connectivity index (χ1) is 5.43. The van der Waals surface area contributed by atoms with Crippen LogP contribution in [0.1, 0.15) is 19.3 Å². The molecule has 2 nitrogen and oxygen atoms in total. The van der Waals surface area contributed by atoms with E-state index in [1.165, 1.54) is 0 Å². The van der Waals surface area contributed by atoms with Crippen molar-refractivity contribution in [2.75, 3.05) is 19.8 Å². The number of unbranched alkanes of at least 4 members (excludes halogenated alkanes) is 1. The monoisotopic (exact) mass is 153 g/mol. The smallest absolute Gasteiger partial charge is 0.0620 e. The van der Waals surface area contributed by atoms with Gasteiger partial charge in [0.15, 0.2) is 0 Å². The molecule has 0 saturated carbocycles. The van der Waals surface area contributed by atoms with Crippen LogP contribution in [0.25, 0.3) is 0 Å². The third kappa shape index (κ3) is 3.41. The first-order valence-electron chi connectivity index (χ1n) is 4.18. The molecule has 0 spiro atoms. The minimum absolute atomic E-state index is 0.539. The van der Waals surface area contributed by atoms with Gasteiger partial charge in [-0.3, -0.25) is 0 Å². The Labute approximate surface area is 68.3 Å². The molecule has 11 heavy (non-hydrogen) atoms. The van der Waals surface area contributed by atoms with E-state index in [1.807, 2.05) is 0 Å². The highest BCUT2D eigenvalue weighted by Crippen LogP contribution is 2.03. The minimum atomic E-state index is 0.539. The highest BCUT2D eigenvalue weighted by Gasteiger charge is 2.11. The van der Waals surface area contributed by atoms with Gasteiger partial charge in [-0.25, -0.2) is 0 Å². The average molecular weight is 153 g/mol. The van der Waals surface area contributed by atoms with Gasteiger partial charge in [0.25, 0.3) is 0 Å². The van der Waals surface area contributed by atoms with E-state index in [-0.39, 0.29) is 0 Å². The summed E-state index contributed by atoms with van der Waals surface area (Å²) in [6, 6.07) is 0.539.